The van der Waals surface area contributed by atoms with Gasteiger partial charge in [0.25, 0.3) is 5.56 Å². The van der Waals surface area contributed by atoms with Crippen LogP contribution in [-0.2, 0) is 0 Å². The smallest absolute Gasteiger partial charge is 0.261 e. The zero-order valence-corrected chi connectivity index (χ0v) is 14.3. The zero-order chi connectivity index (χ0) is 17.7. The summed E-state index contributed by atoms with van der Waals surface area (Å²) in [5, 5.41) is 3.87. The van der Waals surface area contributed by atoms with E-state index in [1.54, 1.807) is 0 Å². The third kappa shape index (κ3) is 2.26. The van der Waals surface area contributed by atoms with Gasteiger partial charge in [0.15, 0.2) is 0 Å². The summed E-state index contributed by atoms with van der Waals surface area (Å²) in [6.45, 7) is 4.06. The Hall–Kier alpha value is -3.28. The summed E-state index contributed by atoms with van der Waals surface area (Å²) in [5.41, 5.74) is 12.5. The van der Waals surface area contributed by atoms with Gasteiger partial charge < -0.3 is 21.0 Å². The van der Waals surface area contributed by atoms with E-state index in [4.69, 9.17) is 5.73 Å². The van der Waals surface area contributed by atoms with Crippen LogP contribution in [0.15, 0.2) is 35.1 Å². The van der Waals surface area contributed by atoms with Crippen molar-refractivity contribution in [1.82, 2.24) is 15.0 Å². The summed E-state index contributed by atoms with van der Waals surface area (Å²) < 4.78 is 0. The Bertz CT molecular complexity index is 1190. The second kappa shape index (κ2) is 5.37. The molecule has 126 valence electrons. The molecule has 0 aliphatic heterocycles. The van der Waals surface area contributed by atoms with Crippen molar-refractivity contribution in [2.24, 2.45) is 0 Å². The maximum atomic E-state index is 12.6. The van der Waals surface area contributed by atoms with Crippen molar-refractivity contribution in [1.29, 1.82) is 0 Å². The van der Waals surface area contributed by atoms with Crippen molar-refractivity contribution in [3.05, 3.63) is 51.8 Å². The molecular formula is C19H19N5O. The summed E-state index contributed by atoms with van der Waals surface area (Å²) in [6, 6.07) is 9.66. The van der Waals surface area contributed by atoms with Crippen molar-refractivity contribution in [2.45, 2.75) is 13.8 Å². The third-order valence-corrected chi connectivity index (χ3v) is 4.76. The van der Waals surface area contributed by atoms with Gasteiger partial charge in [-0.05, 0) is 49.2 Å². The first-order chi connectivity index (χ1) is 12.0. The first-order valence-electron chi connectivity index (χ1n) is 8.09. The Kier molecular flexibility index (Phi) is 3.28. The molecule has 0 bridgehead atoms. The molecule has 0 aliphatic rings. The van der Waals surface area contributed by atoms with Crippen LogP contribution in [0.4, 0.5) is 11.4 Å². The molecule has 2 heterocycles. The number of imidazole rings is 1. The molecule has 25 heavy (non-hydrogen) atoms. The van der Waals surface area contributed by atoms with Gasteiger partial charge in [0, 0.05) is 18.1 Å². The molecular weight excluding hydrogens is 314 g/mol. The number of nitrogens with two attached hydrogens (primary N) is 1. The van der Waals surface area contributed by atoms with Crippen LogP contribution in [0.5, 0.6) is 0 Å². The van der Waals surface area contributed by atoms with Crippen molar-refractivity contribution in [3.8, 4) is 11.4 Å². The Morgan fingerprint density at radius 3 is 2.60 bits per heavy atom. The van der Waals surface area contributed by atoms with Gasteiger partial charge in [-0.3, -0.25) is 4.79 Å². The largest absolute Gasteiger partial charge is 0.397 e. The van der Waals surface area contributed by atoms with Crippen LogP contribution in [-0.4, -0.2) is 22.0 Å². The van der Waals surface area contributed by atoms with Gasteiger partial charge in [0.1, 0.15) is 11.4 Å². The molecule has 2 aromatic carbocycles. The normalized spacial score (nSPS) is 11.3. The van der Waals surface area contributed by atoms with Crippen LogP contribution in [0.25, 0.3) is 33.3 Å². The lowest BCUT2D eigenvalue weighted by Crippen LogP contribution is -2.13. The highest BCUT2D eigenvalue weighted by molar-refractivity contribution is 5.99. The standard InChI is InChI=1S/C19H19N5O/c1-9-4-6-14-17(10(9)2)24-18(22-14)15-16(20)12-8-11(21-3)5-7-13(12)23-19(15)25/h4-8,21H,1-3H3,(H,22,24)(H3,20,23,25). The summed E-state index contributed by atoms with van der Waals surface area (Å²) in [7, 11) is 1.84. The van der Waals surface area contributed by atoms with Gasteiger partial charge in [-0.15, -0.1) is 0 Å². The molecule has 0 spiro atoms. The van der Waals surface area contributed by atoms with Crippen molar-refractivity contribution in [2.75, 3.05) is 18.1 Å². The van der Waals surface area contributed by atoms with E-state index in [-0.39, 0.29) is 5.56 Å². The predicted molar refractivity (Wildman–Crippen MR) is 103 cm³/mol. The summed E-state index contributed by atoms with van der Waals surface area (Å²) in [5.74, 6) is 0.485. The highest BCUT2D eigenvalue weighted by Crippen LogP contribution is 2.30. The van der Waals surface area contributed by atoms with E-state index in [1.807, 2.05) is 51.2 Å². The highest BCUT2D eigenvalue weighted by Gasteiger charge is 2.17. The van der Waals surface area contributed by atoms with Crippen LogP contribution < -0.4 is 16.6 Å². The Morgan fingerprint density at radius 2 is 1.84 bits per heavy atom. The number of anilines is 2. The van der Waals surface area contributed by atoms with Gasteiger partial charge in [0.2, 0.25) is 0 Å². The average Bonchev–Trinajstić information content (AvgIpc) is 3.02. The monoisotopic (exact) mass is 333 g/mol. The molecule has 0 unspecified atom stereocenters. The van der Waals surface area contributed by atoms with Gasteiger partial charge in [-0.2, -0.15) is 0 Å². The molecule has 0 fully saturated rings. The number of aryl methyl sites for hydroxylation is 2. The van der Waals surface area contributed by atoms with Crippen molar-refractivity contribution in [3.63, 3.8) is 0 Å². The number of nitrogen functional groups attached to an aromatic ring is 1. The number of fused-ring (bicyclic) bond motifs is 2. The highest BCUT2D eigenvalue weighted by atomic mass is 16.1. The fourth-order valence-electron chi connectivity index (χ4n) is 3.14. The molecule has 0 amide bonds. The Balaban J connectivity index is 2.03. The number of nitrogens with one attached hydrogen (secondary N) is 3. The minimum Gasteiger partial charge on any atom is -0.397 e. The molecule has 0 aliphatic carbocycles. The van der Waals surface area contributed by atoms with Gasteiger partial charge in [-0.1, -0.05) is 6.07 Å². The predicted octanol–water partition coefficient (Wildman–Crippen LogP) is 3.31. The number of benzene rings is 2. The van der Waals surface area contributed by atoms with E-state index in [9.17, 15) is 4.79 Å². The SMILES string of the molecule is CNc1ccc2[nH]c(=O)c(-c3nc4c(C)c(C)ccc4[nH]3)c(N)c2c1. The lowest BCUT2D eigenvalue weighted by Gasteiger charge is -2.08. The van der Waals surface area contributed by atoms with E-state index in [0.717, 1.165) is 33.2 Å². The zero-order valence-electron chi connectivity index (χ0n) is 14.3. The second-order valence-corrected chi connectivity index (χ2v) is 6.24. The summed E-state index contributed by atoms with van der Waals surface area (Å²) in [4.78, 5) is 23.4. The molecule has 4 aromatic rings. The first-order valence-corrected chi connectivity index (χ1v) is 8.09. The first kappa shape index (κ1) is 15.3. The molecule has 0 atom stereocenters. The van der Waals surface area contributed by atoms with E-state index >= 15 is 0 Å². The average molecular weight is 333 g/mol. The lowest BCUT2D eigenvalue weighted by atomic mass is 10.1. The minimum atomic E-state index is -0.254. The van der Waals surface area contributed by atoms with E-state index in [0.29, 0.717) is 22.6 Å². The quantitative estimate of drug-likeness (QED) is 0.452. The Morgan fingerprint density at radius 1 is 1.08 bits per heavy atom. The third-order valence-electron chi connectivity index (χ3n) is 4.76. The molecule has 0 saturated heterocycles. The van der Waals surface area contributed by atoms with Crippen LogP contribution in [0.2, 0.25) is 0 Å². The molecule has 6 nitrogen and oxygen atoms in total. The lowest BCUT2D eigenvalue weighted by molar-refractivity contribution is 1.25. The fraction of sp³-hybridized carbons (Fsp3) is 0.158. The molecule has 5 N–H and O–H groups in total. The van der Waals surface area contributed by atoms with Crippen LogP contribution in [0.3, 0.4) is 0 Å². The second-order valence-electron chi connectivity index (χ2n) is 6.24. The number of H-pyrrole nitrogens is 2. The van der Waals surface area contributed by atoms with Crippen LogP contribution in [0, 0.1) is 13.8 Å². The van der Waals surface area contributed by atoms with Crippen LogP contribution in [0.1, 0.15) is 11.1 Å². The summed E-state index contributed by atoms with van der Waals surface area (Å²) in [6.07, 6.45) is 0. The number of aromatic nitrogens is 3. The number of nitrogens with zero attached hydrogens (tertiary/aromatic N) is 1. The maximum Gasteiger partial charge on any atom is 0.261 e. The molecule has 4 rings (SSSR count). The van der Waals surface area contributed by atoms with Gasteiger partial charge in [0.05, 0.1) is 22.2 Å². The number of pyridine rings is 1. The molecule has 0 saturated carbocycles. The van der Waals surface area contributed by atoms with Crippen molar-refractivity contribution >= 4 is 33.3 Å². The topological polar surface area (TPSA) is 99.6 Å². The van der Waals surface area contributed by atoms with E-state index < -0.39 is 0 Å². The van der Waals surface area contributed by atoms with Crippen LogP contribution >= 0.6 is 0 Å². The molecule has 0 radical (unpaired) electrons. The minimum absolute atomic E-state index is 0.254. The van der Waals surface area contributed by atoms with Gasteiger partial charge in [-0.25, -0.2) is 4.98 Å². The fourth-order valence-corrected chi connectivity index (χ4v) is 3.14. The number of aromatic amines is 2. The Labute approximate surface area is 144 Å². The molecule has 2 aromatic heterocycles. The van der Waals surface area contributed by atoms with Gasteiger partial charge >= 0.3 is 0 Å². The number of hydrogen-bond acceptors (Lipinski definition) is 4. The number of rotatable bonds is 2. The van der Waals surface area contributed by atoms with E-state index in [2.05, 4.69) is 20.3 Å². The number of hydrogen-bond donors (Lipinski definition) is 4. The van der Waals surface area contributed by atoms with E-state index in [1.165, 1.54) is 0 Å². The maximum absolute atomic E-state index is 12.6. The summed E-state index contributed by atoms with van der Waals surface area (Å²) >= 11 is 0. The molecule has 6 heteroatoms. The van der Waals surface area contributed by atoms with Crippen molar-refractivity contribution < 1.29 is 0 Å².